The third-order valence-electron chi connectivity index (χ3n) is 7.28. The first-order valence-corrected chi connectivity index (χ1v) is 15.6. The van der Waals surface area contributed by atoms with E-state index in [0.29, 0.717) is 0 Å². The normalized spacial score (nSPS) is 11.6. The molecule has 0 radical (unpaired) electrons. The zero-order valence-electron chi connectivity index (χ0n) is 23.2. The average Bonchev–Trinajstić information content (AvgIpc) is 2.80. The fourth-order valence-electron chi connectivity index (χ4n) is 4.96. The van der Waals surface area contributed by atoms with Crippen LogP contribution in [0.3, 0.4) is 0 Å². The summed E-state index contributed by atoms with van der Waals surface area (Å²) in [6, 6.07) is 0.792. The number of unbranched alkanes of at least 4 members (excludes halogenated alkanes) is 21. The van der Waals surface area contributed by atoms with E-state index < -0.39 is 0 Å². The first kappa shape index (κ1) is 32.0. The van der Waals surface area contributed by atoms with Gasteiger partial charge in [0, 0.05) is 6.04 Å². The molecule has 0 heterocycles. The van der Waals surface area contributed by atoms with Gasteiger partial charge in [-0.1, -0.05) is 168 Å². The summed E-state index contributed by atoms with van der Waals surface area (Å²) in [5, 5.41) is 3.97. The standard InChI is InChI=1S/C31H65N/c1-4-7-10-13-16-17-18-21-24-27-30-32-31(28-25-22-19-14-11-8-5-2)29-26-23-20-15-12-9-6-3/h31-32H,4-30H2,1-3H3. The van der Waals surface area contributed by atoms with Crippen molar-refractivity contribution in [3.8, 4) is 0 Å². The minimum atomic E-state index is 0.792. The van der Waals surface area contributed by atoms with E-state index in [4.69, 9.17) is 0 Å². The third kappa shape index (κ3) is 26.2. The Morgan fingerprint density at radius 3 is 0.969 bits per heavy atom. The highest BCUT2D eigenvalue weighted by Crippen LogP contribution is 2.15. The number of hydrogen-bond acceptors (Lipinski definition) is 1. The van der Waals surface area contributed by atoms with Crippen LogP contribution in [0, 0.1) is 0 Å². The van der Waals surface area contributed by atoms with Crippen molar-refractivity contribution < 1.29 is 0 Å². The molecule has 0 aromatic carbocycles. The van der Waals surface area contributed by atoms with E-state index in [2.05, 4.69) is 26.1 Å². The first-order chi connectivity index (χ1) is 15.8. The van der Waals surface area contributed by atoms with Gasteiger partial charge in [0.15, 0.2) is 0 Å². The highest BCUT2D eigenvalue weighted by Gasteiger charge is 2.08. The van der Waals surface area contributed by atoms with Gasteiger partial charge in [-0.2, -0.15) is 0 Å². The number of rotatable bonds is 28. The molecule has 0 unspecified atom stereocenters. The molecule has 0 aliphatic carbocycles. The van der Waals surface area contributed by atoms with Gasteiger partial charge in [0.1, 0.15) is 0 Å². The van der Waals surface area contributed by atoms with Gasteiger partial charge in [-0.15, -0.1) is 0 Å². The van der Waals surface area contributed by atoms with Crippen molar-refractivity contribution >= 4 is 0 Å². The molecule has 0 bridgehead atoms. The van der Waals surface area contributed by atoms with Crippen LogP contribution in [0.5, 0.6) is 0 Å². The summed E-state index contributed by atoms with van der Waals surface area (Å²) in [5.74, 6) is 0. The molecule has 0 aliphatic rings. The molecule has 0 aromatic rings. The SMILES string of the molecule is CCCCCCCCCCCCNC(CCCCCCCCC)CCCCCCCCC. The van der Waals surface area contributed by atoms with Gasteiger partial charge in [-0.3, -0.25) is 0 Å². The molecule has 0 aliphatic heterocycles. The molecule has 194 valence electrons. The second-order valence-corrected chi connectivity index (χ2v) is 10.7. The maximum Gasteiger partial charge on any atom is 0.00670 e. The topological polar surface area (TPSA) is 12.0 Å². The fourth-order valence-corrected chi connectivity index (χ4v) is 4.96. The lowest BCUT2D eigenvalue weighted by molar-refractivity contribution is 0.405. The first-order valence-electron chi connectivity index (χ1n) is 15.6. The minimum Gasteiger partial charge on any atom is -0.314 e. The van der Waals surface area contributed by atoms with Gasteiger partial charge in [-0.05, 0) is 25.8 Å². The maximum absolute atomic E-state index is 3.97. The molecule has 1 N–H and O–H groups in total. The van der Waals surface area contributed by atoms with Crippen LogP contribution >= 0.6 is 0 Å². The quantitative estimate of drug-likeness (QED) is 0.117. The Labute approximate surface area is 205 Å². The second kappa shape index (κ2) is 29.0. The molecule has 0 rings (SSSR count). The Bertz CT molecular complexity index is 296. The Kier molecular flexibility index (Phi) is 29.0. The highest BCUT2D eigenvalue weighted by molar-refractivity contribution is 4.68. The molecule has 32 heavy (non-hydrogen) atoms. The van der Waals surface area contributed by atoms with Crippen LogP contribution in [0.15, 0.2) is 0 Å². The van der Waals surface area contributed by atoms with E-state index >= 15 is 0 Å². The summed E-state index contributed by atoms with van der Waals surface area (Å²) < 4.78 is 0. The molecule has 0 saturated carbocycles. The molecule has 0 atom stereocenters. The highest BCUT2D eigenvalue weighted by atomic mass is 14.9. The van der Waals surface area contributed by atoms with Gasteiger partial charge < -0.3 is 5.32 Å². The summed E-state index contributed by atoms with van der Waals surface area (Å²) in [5.41, 5.74) is 0. The fraction of sp³-hybridized carbons (Fsp3) is 1.00. The summed E-state index contributed by atoms with van der Waals surface area (Å²) in [4.78, 5) is 0. The molecular formula is C31H65N. The second-order valence-electron chi connectivity index (χ2n) is 10.7. The van der Waals surface area contributed by atoms with Crippen LogP contribution in [0.4, 0.5) is 0 Å². The Morgan fingerprint density at radius 2 is 0.625 bits per heavy atom. The minimum absolute atomic E-state index is 0.792. The predicted octanol–water partition coefficient (Wildman–Crippen LogP) is 11.1. The lowest BCUT2D eigenvalue weighted by Crippen LogP contribution is -2.30. The van der Waals surface area contributed by atoms with Crippen LogP contribution in [0.2, 0.25) is 0 Å². The monoisotopic (exact) mass is 452 g/mol. The van der Waals surface area contributed by atoms with E-state index in [-0.39, 0.29) is 0 Å². The molecule has 0 saturated heterocycles. The summed E-state index contributed by atoms with van der Waals surface area (Å²) in [7, 11) is 0. The van der Waals surface area contributed by atoms with Crippen molar-refractivity contribution in [2.45, 2.75) is 194 Å². The predicted molar refractivity (Wildman–Crippen MR) is 149 cm³/mol. The van der Waals surface area contributed by atoms with Crippen molar-refractivity contribution in [3.63, 3.8) is 0 Å². The lowest BCUT2D eigenvalue weighted by Gasteiger charge is -2.19. The zero-order valence-corrected chi connectivity index (χ0v) is 23.2. The van der Waals surface area contributed by atoms with Crippen molar-refractivity contribution in [3.05, 3.63) is 0 Å². The van der Waals surface area contributed by atoms with E-state index in [1.165, 1.54) is 173 Å². The van der Waals surface area contributed by atoms with Crippen molar-refractivity contribution in [2.24, 2.45) is 0 Å². The molecule has 0 aromatic heterocycles. The Balaban J connectivity index is 3.78. The molecule has 1 nitrogen and oxygen atoms in total. The van der Waals surface area contributed by atoms with E-state index in [1.807, 2.05) is 0 Å². The van der Waals surface area contributed by atoms with Crippen LogP contribution in [0.1, 0.15) is 188 Å². The molecule has 0 spiro atoms. The zero-order chi connectivity index (χ0) is 23.4. The molecule has 0 amide bonds. The summed E-state index contributed by atoms with van der Waals surface area (Å²) >= 11 is 0. The van der Waals surface area contributed by atoms with E-state index in [9.17, 15) is 0 Å². The van der Waals surface area contributed by atoms with E-state index in [1.54, 1.807) is 0 Å². The largest absolute Gasteiger partial charge is 0.314 e. The van der Waals surface area contributed by atoms with Gasteiger partial charge in [-0.25, -0.2) is 0 Å². The number of hydrogen-bond donors (Lipinski definition) is 1. The van der Waals surface area contributed by atoms with Crippen LogP contribution in [0.25, 0.3) is 0 Å². The van der Waals surface area contributed by atoms with Crippen molar-refractivity contribution in [1.29, 1.82) is 0 Å². The van der Waals surface area contributed by atoms with Gasteiger partial charge >= 0.3 is 0 Å². The summed E-state index contributed by atoms with van der Waals surface area (Å²) in [6.45, 7) is 8.19. The molecule has 1 heteroatoms. The smallest absolute Gasteiger partial charge is 0.00670 e. The van der Waals surface area contributed by atoms with E-state index in [0.717, 1.165) is 6.04 Å². The van der Waals surface area contributed by atoms with Gasteiger partial charge in [0.05, 0.1) is 0 Å². The van der Waals surface area contributed by atoms with Crippen molar-refractivity contribution in [2.75, 3.05) is 6.54 Å². The summed E-state index contributed by atoms with van der Waals surface area (Å²) in [6.07, 6.45) is 37.4. The Morgan fingerprint density at radius 1 is 0.344 bits per heavy atom. The molecular weight excluding hydrogens is 386 g/mol. The van der Waals surface area contributed by atoms with Crippen LogP contribution < -0.4 is 5.32 Å². The van der Waals surface area contributed by atoms with Crippen molar-refractivity contribution in [1.82, 2.24) is 5.32 Å². The van der Waals surface area contributed by atoms with Gasteiger partial charge in [0.2, 0.25) is 0 Å². The van der Waals surface area contributed by atoms with Crippen LogP contribution in [-0.2, 0) is 0 Å². The maximum atomic E-state index is 3.97. The lowest BCUT2D eigenvalue weighted by atomic mass is 9.99. The van der Waals surface area contributed by atoms with Crippen LogP contribution in [-0.4, -0.2) is 12.6 Å². The average molecular weight is 452 g/mol. The number of nitrogens with one attached hydrogen (secondary N) is 1. The van der Waals surface area contributed by atoms with Gasteiger partial charge in [0.25, 0.3) is 0 Å². The third-order valence-corrected chi connectivity index (χ3v) is 7.28. The Hall–Kier alpha value is -0.0400. The molecule has 0 fully saturated rings.